The standard InChI is InChI=1S/C51H72O2/c1-38(2)19-11-20-39(3)21-12-22-40(4)23-13-24-41(5)25-14-26-42(6)27-15-28-43(7)29-16-30-44(8)31-17-32-45(9)35-36-47-37-49(52)50-46(10)33-18-34-48(50)51(47)53/h18-19,21,23,25,27,29,31,33-35,37H,11-17,20,22,24,26,28,30,32,36H2,1-10H3/b39-21+,40-23+,41-25+,42-27+,43-29+,44-31+,45-35+. The van der Waals surface area contributed by atoms with E-state index in [-0.39, 0.29) is 11.6 Å². The van der Waals surface area contributed by atoms with Crippen LogP contribution in [0.15, 0.2) is 123 Å². The molecule has 0 aliphatic heterocycles. The number of Topliss-reactive ketones (excluding diaryl/α,β-unsaturated/α-hetero) is 1. The minimum atomic E-state index is -0.0531. The average Bonchev–Trinajstić information content (AvgIpc) is 3.09. The van der Waals surface area contributed by atoms with Gasteiger partial charge in [0.15, 0.2) is 11.6 Å². The Morgan fingerprint density at radius 1 is 0.472 bits per heavy atom. The van der Waals surface area contributed by atoms with E-state index in [0.29, 0.717) is 23.1 Å². The van der Waals surface area contributed by atoms with Gasteiger partial charge in [0.1, 0.15) is 0 Å². The van der Waals surface area contributed by atoms with Crippen LogP contribution in [0.1, 0.15) is 185 Å². The molecule has 0 amide bonds. The zero-order valence-electron chi connectivity index (χ0n) is 35.4. The van der Waals surface area contributed by atoms with Gasteiger partial charge in [-0.05, 0) is 177 Å². The van der Waals surface area contributed by atoms with E-state index in [0.717, 1.165) is 82.6 Å². The van der Waals surface area contributed by atoms with Crippen molar-refractivity contribution in [1.82, 2.24) is 0 Å². The van der Waals surface area contributed by atoms with E-state index in [1.807, 2.05) is 19.1 Å². The first-order valence-electron chi connectivity index (χ1n) is 20.4. The fraction of sp³-hybridized carbons (Fsp3) is 0.490. The molecular weight excluding hydrogens is 645 g/mol. The molecule has 0 heterocycles. The summed E-state index contributed by atoms with van der Waals surface area (Å²) in [5.41, 5.74) is 14.2. The maximum atomic E-state index is 12.9. The maximum absolute atomic E-state index is 12.9. The van der Waals surface area contributed by atoms with Crippen molar-refractivity contribution in [2.24, 2.45) is 0 Å². The highest BCUT2D eigenvalue weighted by molar-refractivity contribution is 6.25. The third kappa shape index (κ3) is 19.2. The van der Waals surface area contributed by atoms with E-state index in [9.17, 15) is 9.59 Å². The molecular formula is C51H72O2. The maximum Gasteiger partial charge on any atom is 0.190 e. The summed E-state index contributed by atoms with van der Waals surface area (Å²) in [6, 6.07) is 5.51. The first-order valence-corrected chi connectivity index (χ1v) is 20.4. The monoisotopic (exact) mass is 717 g/mol. The van der Waals surface area contributed by atoms with Gasteiger partial charge in [0.2, 0.25) is 0 Å². The number of aryl methyl sites for hydroxylation is 1. The lowest BCUT2D eigenvalue weighted by Gasteiger charge is -2.16. The molecule has 0 saturated heterocycles. The third-order valence-corrected chi connectivity index (χ3v) is 10.3. The van der Waals surface area contributed by atoms with Crippen LogP contribution in [0.5, 0.6) is 0 Å². The predicted molar refractivity (Wildman–Crippen MR) is 233 cm³/mol. The van der Waals surface area contributed by atoms with Crippen molar-refractivity contribution in [3.8, 4) is 0 Å². The number of allylic oxidation sites excluding steroid dienone is 18. The van der Waals surface area contributed by atoms with Gasteiger partial charge >= 0.3 is 0 Å². The molecule has 2 heteroatoms. The summed E-state index contributed by atoms with van der Waals surface area (Å²) in [5.74, 6) is -0.0703. The lowest BCUT2D eigenvalue weighted by atomic mass is 9.85. The fourth-order valence-electron chi connectivity index (χ4n) is 6.67. The van der Waals surface area contributed by atoms with Crippen LogP contribution in [-0.2, 0) is 0 Å². The van der Waals surface area contributed by atoms with Gasteiger partial charge in [-0.3, -0.25) is 9.59 Å². The molecule has 0 N–H and O–H groups in total. The number of fused-ring (bicyclic) bond motifs is 1. The zero-order valence-corrected chi connectivity index (χ0v) is 35.4. The summed E-state index contributed by atoms with van der Waals surface area (Å²) in [6.45, 7) is 22.0. The second-order valence-corrected chi connectivity index (χ2v) is 16.0. The van der Waals surface area contributed by atoms with E-state index < -0.39 is 0 Å². The van der Waals surface area contributed by atoms with Gasteiger partial charge in [-0.15, -0.1) is 0 Å². The Labute approximate surface area is 325 Å². The molecule has 0 unspecified atom stereocenters. The van der Waals surface area contributed by atoms with Gasteiger partial charge in [0, 0.05) is 16.7 Å². The van der Waals surface area contributed by atoms with Crippen molar-refractivity contribution in [3.63, 3.8) is 0 Å². The van der Waals surface area contributed by atoms with E-state index in [4.69, 9.17) is 0 Å². The molecule has 0 atom stereocenters. The average molecular weight is 717 g/mol. The predicted octanol–water partition coefficient (Wildman–Crippen LogP) is 15.7. The highest BCUT2D eigenvalue weighted by atomic mass is 16.1. The van der Waals surface area contributed by atoms with Crippen LogP contribution in [-0.4, -0.2) is 11.6 Å². The van der Waals surface area contributed by atoms with Crippen molar-refractivity contribution in [1.29, 1.82) is 0 Å². The van der Waals surface area contributed by atoms with Gasteiger partial charge in [-0.25, -0.2) is 0 Å². The van der Waals surface area contributed by atoms with Crippen LogP contribution >= 0.6 is 0 Å². The van der Waals surface area contributed by atoms with Crippen LogP contribution in [0, 0.1) is 6.92 Å². The fourth-order valence-corrected chi connectivity index (χ4v) is 6.67. The van der Waals surface area contributed by atoms with Crippen molar-refractivity contribution >= 4 is 11.6 Å². The molecule has 0 bridgehead atoms. The Kier molecular flexibility index (Phi) is 21.6. The minimum Gasteiger partial charge on any atom is -0.289 e. The third-order valence-electron chi connectivity index (χ3n) is 10.3. The van der Waals surface area contributed by atoms with Crippen LogP contribution < -0.4 is 0 Å². The molecule has 2 nitrogen and oxygen atoms in total. The summed E-state index contributed by atoms with van der Waals surface area (Å²) in [5, 5.41) is 0. The number of hydrogen-bond donors (Lipinski definition) is 0. The molecule has 0 aromatic heterocycles. The molecule has 1 aliphatic rings. The Bertz CT molecular complexity index is 1650. The SMILES string of the molecule is CC(C)=CCC/C(C)=C/CC/C(C)=C/CC/C(C)=C/CC/C(C)=C/CC/C(C)=C/CC/C(C)=C/CC/C(C)=C/CC1=CC(=O)c2c(C)cccc2C1=O. The molecule has 2 rings (SSSR count). The number of carbonyl (C=O) groups excluding carboxylic acids is 2. The topological polar surface area (TPSA) is 34.1 Å². The highest BCUT2D eigenvalue weighted by Crippen LogP contribution is 2.26. The van der Waals surface area contributed by atoms with Gasteiger partial charge in [0.25, 0.3) is 0 Å². The van der Waals surface area contributed by atoms with E-state index in [2.05, 4.69) is 111 Å². The zero-order chi connectivity index (χ0) is 39.2. The van der Waals surface area contributed by atoms with Crippen LogP contribution in [0.4, 0.5) is 0 Å². The van der Waals surface area contributed by atoms with Crippen molar-refractivity contribution < 1.29 is 9.59 Å². The molecule has 53 heavy (non-hydrogen) atoms. The molecule has 1 aliphatic carbocycles. The molecule has 0 spiro atoms. The van der Waals surface area contributed by atoms with Crippen LogP contribution in [0.3, 0.4) is 0 Å². The normalized spacial score (nSPS) is 15.2. The largest absolute Gasteiger partial charge is 0.289 e. The lowest BCUT2D eigenvalue weighted by Crippen LogP contribution is -2.18. The smallest absolute Gasteiger partial charge is 0.190 e. The number of ketones is 2. The van der Waals surface area contributed by atoms with Crippen molar-refractivity contribution in [2.75, 3.05) is 0 Å². The Morgan fingerprint density at radius 3 is 1.17 bits per heavy atom. The highest BCUT2D eigenvalue weighted by Gasteiger charge is 2.25. The molecule has 0 fully saturated rings. The van der Waals surface area contributed by atoms with Gasteiger partial charge in [-0.1, -0.05) is 111 Å². The first kappa shape index (κ1) is 45.4. The van der Waals surface area contributed by atoms with E-state index in [1.54, 1.807) is 6.07 Å². The minimum absolute atomic E-state index is 0.0172. The van der Waals surface area contributed by atoms with Gasteiger partial charge < -0.3 is 0 Å². The number of hydrogen-bond acceptors (Lipinski definition) is 2. The number of rotatable bonds is 23. The first-order chi connectivity index (χ1) is 25.3. The quantitative estimate of drug-likeness (QED) is 0.106. The van der Waals surface area contributed by atoms with Crippen LogP contribution in [0.25, 0.3) is 0 Å². The van der Waals surface area contributed by atoms with Crippen molar-refractivity contribution in [3.05, 3.63) is 140 Å². The molecule has 0 saturated carbocycles. The summed E-state index contributed by atoms with van der Waals surface area (Å²) in [7, 11) is 0. The molecule has 0 radical (unpaired) electrons. The number of carbonyl (C=O) groups is 2. The molecule has 1 aromatic rings. The Hall–Kier alpha value is -3.78. The molecule has 1 aromatic carbocycles. The Morgan fingerprint density at radius 2 is 0.811 bits per heavy atom. The summed E-state index contributed by atoms with van der Waals surface area (Å²) >= 11 is 0. The van der Waals surface area contributed by atoms with Gasteiger partial charge in [-0.2, -0.15) is 0 Å². The summed E-state index contributed by atoms with van der Waals surface area (Å²) < 4.78 is 0. The summed E-state index contributed by atoms with van der Waals surface area (Å²) in [4.78, 5) is 25.6. The summed E-state index contributed by atoms with van der Waals surface area (Å²) in [6.07, 6.45) is 36.6. The van der Waals surface area contributed by atoms with Crippen molar-refractivity contribution in [2.45, 2.75) is 166 Å². The second-order valence-electron chi connectivity index (χ2n) is 16.0. The molecule has 288 valence electrons. The number of benzene rings is 1. The van der Waals surface area contributed by atoms with E-state index in [1.165, 1.54) is 63.5 Å². The van der Waals surface area contributed by atoms with Gasteiger partial charge in [0.05, 0.1) is 0 Å². The van der Waals surface area contributed by atoms with Crippen LogP contribution in [0.2, 0.25) is 0 Å². The lowest BCUT2D eigenvalue weighted by molar-refractivity contribution is 0.0982. The van der Waals surface area contributed by atoms with E-state index >= 15 is 0 Å². The second kappa shape index (κ2) is 25.3. The Balaban J connectivity index is 1.61.